The van der Waals surface area contributed by atoms with Crippen LogP contribution in [0.1, 0.15) is 13.3 Å². The molecule has 70 valence electrons. The summed E-state index contributed by atoms with van der Waals surface area (Å²) in [5.74, 6) is 0.799. The number of halogens is 1. The molecule has 3 nitrogen and oxygen atoms in total. The molecule has 1 aliphatic heterocycles. The van der Waals surface area contributed by atoms with E-state index in [0.717, 1.165) is 0 Å². The zero-order chi connectivity index (χ0) is 9.84. The van der Waals surface area contributed by atoms with Gasteiger partial charge in [-0.1, -0.05) is 0 Å². The van der Waals surface area contributed by atoms with Gasteiger partial charge in [0, 0.05) is 30.6 Å². The van der Waals surface area contributed by atoms with Crippen LogP contribution >= 0.6 is 11.6 Å². The second-order valence-electron chi connectivity index (χ2n) is 3.14. The molecular weight excluding hydrogens is 188 g/mol. The van der Waals surface area contributed by atoms with Gasteiger partial charge in [0.1, 0.15) is 0 Å². The van der Waals surface area contributed by atoms with Crippen molar-refractivity contribution in [2.45, 2.75) is 13.3 Å². The molecule has 0 aromatic carbocycles. The summed E-state index contributed by atoms with van der Waals surface area (Å²) in [6.45, 7) is 2.41. The van der Waals surface area contributed by atoms with Crippen LogP contribution < -0.4 is 0 Å². The first kappa shape index (κ1) is 10.1. The highest BCUT2D eigenvalue weighted by atomic mass is 35.5. The van der Waals surface area contributed by atoms with Crippen LogP contribution in [0.15, 0.2) is 11.8 Å². The molecule has 0 N–H and O–H groups in total. The van der Waals surface area contributed by atoms with Crippen LogP contribution in [-0.2, 0) is 4.79 Å². The first-order chi connectivity index (χ1) is 6.19. The lowest BCUT2D eigenvalue weighted by Gasteiger charge is -2.15. The number of likely N-dealkylation sites (tertiary alicyclic amines) is 1. The lowest BCUT2D eigenvalue weighted by Crippen LogP contribution is -2.23. The van der Waals surface area contributed by atoms with Crippen LogP contribution in [0.3, 0.4) is 0 Å². The van der Waals surface area contributed by atoms with Gasteiger partial charge in [0.05, 0.1) is 6.07 Å². The fourth-order valence-electron chi connectivity index (χ4n) is 1.40. The number of amides is 1. The van der Waals surface area contributed by atoms with E-state index >= 15 is 0 Å². The van der Waals surface area contributed by atoms with Crippen molar-refractivity contribution < 1.29 is 4.79 Å². The molecule has 0 aromatic rings. The number of nitrogens with zero attached hydrogens (tertiary/aromatic N) is 2. The van der Waals surface area contributed by atoms with Crippen molar-refractivity contribution >= 4 is 17.5 Å². The van der Waals surface area contributed by atoms with Gasteiger partial charge in [-0.3, -0.25) is 4.79 Å². The normalized spacial score (nSPS) is 23.5. The maximum Gasteiger partial charge on any atom is 0.227 e. The fourth-order valence-corrected chi connectivity index (χ4v) is 1.60. The quantitative estimate of drug-likeness (QED) is 0.499. The van der Waals surface area contributed by atoms with Gasteiger partial charge < -0.3 is 4.90 Å². The van der Waals surface area contributed by atoms with Gasteiger partial charge in [-0.25, -0.2) is 0 Å². The molecule has 1 amide bonds. The van der Waals surface area contributed by atoms with E-state index in [1.54, 1.807) is 11.8 Å². The topological polar surface area (TPSA) is 44.1 Å². The second-order valence-corrected chi connectivity index (χ2v) is 3.45. The smallest absolute Gasteiger partial charge is 0.227 e. The number of rotatable bonds is 2. The maximum atomic E-state index is 11.4. The van der Waals surface area contributed by atoms with E-state index in [0.29, 0.717) is 24.5 Å². The molecule has 0 radical (unpaired) electrons. The molecule has 1 rings (SSSR count). The van der Waals surface area contributed by atoms with Gasteiger partial charge >= 0.3 is 0 Å². The molecule has 4 heteroatoms. The number of carbonyl (C=O) groups excluding carboxylic acids is 1. The van der Waals surface area contributed by atoms with E-state index in [2.05, 4.69) is 0 Å². The van der Waals surface area contributed by atoms with E-state index in [-0.39, 0.29) is 11.8 Å². The SMILES string of the molecule is CC(=CC#N)N1CC(CCl)CC1=O. The first-order valence-electron chi connectivity index (χ1n) is 4.11. The average Bonchev–Trinajstić information content (AvgIpc) is 2.47. The third-order valence-corrected chi connectivity index (χ3v) is 2.56. The number of hydrogen-bond acceptors (Lipinski definition) is 2. The molecule has 1 heterocycles. The average molecular weight is 199 g/mol. The monoisotopic (exact) mass is 198 g/mol. The summed E-state index contributed by atoms with van der Waals surface area (Å²) in [6, 6.07) is 1.91. The molecule has 1 aliphatic rings. The van der Waals surface area contributed by atoms with E-state index in [1.165, 1.54) is 6.08 Å². The number of alkyl halides is 1. The van der Waals surface area contributed by atoms with Gasteiger partial charge in [-0.05, 0) is 12.8 Å². The van der Waals surface area contributed by atoms with Crippen molar-refractivity contribution in [3.05, 3.63) is 11.8 Å². The van der Waals surface area contributed by atoms with E-state index in [4.69, 9.17) is 16.9 Å². The third-order valence-electron chi connectivity index (χ3n) is 2.12. The van der Waals surface area contributed by atoms with Crippen LogP contribution in [0.4, 0.5) is 0 Å². The van der Waals surface area contributed by atoms with Gasteiger partial charge in [0.25, 0.3) is 0 Å². The van der Waals surface area contributed by atoms with Crippen LogP contribution in [-0.4, -0.2) is 23.2 Å². The Labute approximate surface area is 82.6 Å². The van der Waals surface area contributed by atoms with Crippen LogP contribution in [0, 0.1) is 17.2 Å². The lowest BCUT2D eigenvalue weighted by molar-refractivity contribution is -0.126. The number of hydrogen-bond donors (Lipinski definition) is 0. The Kier molecular flexibility index (Phi) is 3.32. The Balaban J connectivity index is 2.69. The molecule has 0 aromatic heterocycles. The lowest BCUT2D eigenvalue weighted by atomic mass is 10.1. The highest BCUT2D eigenvalue weighted by Gasteiger charge is 2.29. The van der Waals surface area contributed by atoms with Crippen molar-refractivity contribution in [2.24, 2.45) is 5.92 Å². The van der Waals surface area contributed by atoms with Gasteiger partial charge in [0.15, 0.2) is 0 Å². The summed E-state index contributed by atoms with van der Waals surface area (Å²) in [4.78, 5) is 13.0. The second kappa shape index (κ2) is 4.29. The largest absolute Gasteiger partial charge is 0.315 e. The highest BCUT2D eigenvalue weighted by Crippen LogP contribution is 2.22. The Morgan fingerprint density at radius 3 is 3.08 bits per heavy atom. The van der Waals surface area contributed by atoms with Gasteiger partial charge in [-0.2, -0.15) is 5.26 Å². The molecule has 1 saturated heterocycles. The van der Waals surface area contributed by atoms with Crippen molar-refractivity contribution in [1.82, 2.24) is 4.90 Å². The molecule has 13 heavy (non-hydrogen) atoms. The standard InChI is InChI=1S/C9H11ClN2O/c1-7(2-3-11)12-6-8(5-10)4-9(12)13/h2,8H,4-6H2,1H3. The Morgan fingerprint density at radius 1 is 1.92 bits per heavy atom. The van der Waals surface area contributed by atoms with Crippen molar-refractivity contribution in [1.29, 1.82) is 5.26 Å². The maximum absolute atomic E-state index is 11.4. The molecule has 1 unspecified atom stereocenters. The van der Waals surface area contributed by atoms with E-state index in [9.17, 15) is 4.79 Å². The van der Waals surface area contributed by atoms with E-state index < -0.39 is 0 Å². The summed E-state index contributed by atoms with van der Waals surface area (Å²) in [5, 5.41) is 8.42. The molecule has 0 spiro atoms. The minimum absolute atomic E-state index is 0.0645. The van der Waals surface area contributed by atoms with E-state index in [1.807, 2.05) is 6.07 Å². The number of allylic oxidation sites excluding steroid dienone is 2. The third kappa shape index (κ3) is 2.22. The number of nitriles is 1. The predicted octanol–water partition coefficient (Wildman–Crippen LogP) is 1.50. The molecule has 0 aliphatic carbocycles. The molecular formula is C9H11ClN2O. The molecule has 1 atom stereocenters. The zero-order valence-electron chi connectivity index (χ0n) is 7.46. The Hall–Kier alpha value is -1.01. The number of carbonyl (C=O) groups is 1. The molecule has 0 saturated carbocycles. The van der Waals surface area contributed by atoms with Crippen LogP contribution in [0.25, 0.3) is 0 Å². The summed E-state index contributed by atoms with van der Waals surface area (Å²) in [6.07, 6.45) is 1.88. The molecule has 0 bridgehead atoms. The fraction of sp³-hybridized carbons (Fsp3) is 0.556. The Bertz CT molecular complexity index is 280. The molecule has 1 fully saturated rings. The van der Waals surface area contributed by atoms with Crippen molar-refractivity contribution in [3.63, 3.8) is 0 Å². The predicted molar refractivity (Wildman–Crippen MR) is 49.9 cm³/mol. The van der Waals surface area contributed by atoms with Gasteiger partial charge in [-0.15, -0.1) is 11.6 Å². The summed E-state index contributed by atoms with van der Waals surface area (Å²) < 4.78 is 0. The zero-order valence-corrected chi connectivity index (χ0v) is 8.21. The first-order valence-corrected chi connectivity index (χ1v) is 4.65. The van der Waals surface area contributed by atoms with Crippen molar-refractivity contribution in [2.75, 3.05) is 12.4 Å². The summed E-state index contributed by atoms with van der Waals surface area (Å²) >= 11 is 5.66. The Morgan fingerprint density at radius 2 is 2.62 bits per heavy atom. The summed E-state index contributed by atoms with van der Waals surface area (Å²) in [7, 11) is 0. The minimum atomic E-state index is 0.0645. The van der Waals surface area contributed by atoms with Crippen molar-refractivity contribution in [3.8, 4) is 6.07 Å². The highest BCUT2D eigenvalue weighted by molar-refractivity contribution is 6.18. The summed E-state index contributed by atoms with van der Waals surface area (Å²) in [5.41, 5.74) is 0.708. The van der Waals surface area contributed by atoms with Crippen LogP contribution in [0.2, 0.25) is 0 Å². The van der Waals surface area contributed by atoms with Crippen LogP contribution in [0.5, 0.6) is 0 Å². The van der Waals surface area contributed by atoms with Gasteiger partial charge in [0.2, 0.25) is 5.91 Å². The minimum Gasteiger partial charge on any atom is -0.315 e.